The Bertz CT molecular complexity index is 268. The van der Waals surface area contributed by atoms with Crippen LogP contribution in [0.5, 0.6) is 5.75 Å². The fraction of sp³-hybridized carbons (Fsp3) is 0.400. The number of nitrogens with one attached hydrogen (secondary N) is 1. The van der Waals surface area contributed by atoms with E-state index in [1.807, 2.05) is 19.1 Å². The molecule has 0 bridgehead atoms. The van der Waals surface area contributed by atoms with Crippen molar-refractivity contribution in [1.29, 1.82) is 0 Å². The minimum absolute atomic E-state index is 0.574. The van der Waals surface area contributed by atoms with E-state index >= 15 is 0 Å². The quantitative estimate of drug-likeness (QED) is 0.688. The van der Waals surface area contributed by atoms with Gasteiger partial charge in [0.25, 0.3) is 0 Å². The lowest BCUT2D eigenvalue weighted by molar-refractivity contribution is 0.340. The molecule has 12 heavy (non-hydrogen) atoms. The molecule has 2 rings (SSSR count). The Balaban J connectivity index is 2.15. The van der Waals surface area contributed by atoms with Gasteiger partial charge in [-0.2, -0.15) is 0 Å². The molecule has 2 heteroatoms. The molecule has 1 fully saturated rings. The Morgan fingerprint density at radius 2 is 2.42 bits per heavy atom. The molecule has 1 aliphatic heterocycles. The standard InChI is InChI=1S/C10H13NO/c1-2-12-9-5-3-4-8(6-9)10-7-11-10/h3-6,10-11H,2,7H2,1H3. The van der Waals surface area contributed by atoms with Crippen LogP contribution in [0.15, 0.2) is 24.3 Å². The van der Waals surface area contributed by atoms with Gasteiger partial charge in [0.1, 0.15) is 5.75 Å². The normalized spacial score (nSPS) is 20.6. The number of benzene rings is 1. The summed E-state index contributed by atoms with van der Waals surface area (Å²) in [4.78, 5) is 0. The molecule has 0 saturated carbocycles. The first-order chi connectivity index (χ1) is 5.90. The van der Waals surface area contributed by atoms with E-state index in [4.69, 9.17) is 4.74 Å². The van der Waals surface area contributed by atoms with Crippen molar-refractivity contribution >= 4 is 0 Å². The van der Waals surface area contributed by atoms with Crippen LogP contribution >= 0.6 is 0 Å². The molecule has 1 atom stereocenters. The highest BCUT2D eigenvalue weighted by Gasteiger charge is 2.21. The molecule has 1 unspecified atom stereocenters. The second-order valence-corrected chi connectivity index (χ2v) is 2.97. The van der Waals surface area contributed by atoms with Gasteiger partial charge in [-0.25, -0.2) is 0 Å². The molecule has 1 saturated heterocycles. The van der Waals surface area contributed by atoms with E-state index in [1.165, 1.54) is 5.56 Å². The van der Waals surface area contributed by atoms with Crippen LogP contribution in [0.1, 0.15) is 18.5 Å². The lowest BCUT2D eigenvalue weighted by Gasteiger charge is -2.03. The molecule has 1 N–H and O–H groups in total. The highest BCUT2D eigenvalue weighted by Crippen LogP contribution is 2.24. The second-order valence-electron chi connectivity index (χ2n) is 2.97. The zero-order valence-corrected chi connectivity index (χ0v) is 7.21. The molecule has 64 valence electrons. The van der Waals surface area contributed by atoms with Gasteiger partial charge in [-0.15, -0.1) is 0 Å². The summed E-state index contributed by atoms with van der Waals surface area (Å²) in [5, 5.41) is 3.26. The maximum absolute atomic E-state index is 5.40. The first-order valence-corrected chi connectivity index (χ1v) is 4.36. The van der Waals surface area contributed by atoms with E-state index in [9.17, 15) is 0 Å². The van der Waals surface area contributed by atoms with Crippen molar-refractivity contribution in [3.05, 3.63) is 29.8 Å². The molecule has 1 aromatic carbocycles. The molecule has 1 aromatic rings. The topological polar surface area (TPSA) is 31.2 Å². The van der Waals surface area contributed by atoms with Crippen molar-refractivity contribution in [3.8, 4) is 5.75 Å². The first kappa shape index (κ1) is 7.62. The SMILES string of the molecule is CCOc1cccc(C2CN2)c1. The highest BCUT2D eigenvalue weighted by atomic mass is 16.5. The van der Waals surface area contributed by atoms with Crippen LogP contribution in [0.25, 0.3) is 0 Å². The van der Waals surface area contributed by atoms with Crippen LogP contribution in [0.2, 0.25) is 0 Å². The molecular weight excluding hydrogens is 150 g/mol. The lowest BCUT2D eigenvalue weighted by Crippen LogP contribution is -1.92. The fourth-order valence-electron chi connectivity index (χ4n) is 1.28. The minimum atomic E-state index is 0.574. The summed E-state index contributed by atoms with van der Waals surface area (Å²) in [5.74, 6) is 0.976. The molecule has 1 heterocycles. The van der Waals surface area contributed by atoms with Crippen molar-refractivity contribution < 1.29 is 4.74 Å². The number of rotatable bonds is 3. The Morgan fingerprint density at radius 3 is 3.08 bits per heavy atom. The summed E-state index contributed by atoms with van der Waals surface area (Å²) in [5.41, 5.74) is 1.33. The van der Waals surface area contributed by atoms with Crippen molar-refractivity contribution in [2.45, 2.75) is 13.0 Å². The van der Waals surface area contributed by atoms with Crippen LogP contribution in [0, 0.1) is 0 Å². The van der Waals surface area contributed by atoms with Gasteiger partial charge in [-0.3, -0.25) is 0 Å². The van der Waals surface area contributed by atoms with E-state index in [0.717, 1.165) is 18.9 Å². The van der Waals surface area contributed by atoms with Crippen LogP contribution in [0.4, 0.5) is 0 Å². The van der Waals surface area contributed by atoms with Crippen molar-refractivity contribution in [3.63, 3.8) is 0 Å². The molecule has 0 aromatic heterocycles. The molecule has 0 spiro atoms. The number of ether oxygens (including phenoxy) is 1. The lowest BCUT2D eigenvalue weighted by atomic mass is 10.1. The van der Waals surface area contributed by atoms with Gasteiger partial charge >= 0.3 is 0 Å². The third-order valence-corrected chi connectivity index (χ3v) is 1.98. The van der Waals surface area contributed by atoms with Gasteiger partial charge in [0.15, 0.2) is 0 Å². The fourth-order valence-corrected chi connectivity index (χ4v) is 1.28. The second kappa shape index (κ2) is 3.15. The third-order valence-electron chi connectivity index (χ3n) is 1.98. The van der Waals surface area contributed by atoms with Gasteiger partial charge in [-0.1, -0.05) is 12.1 Å². The van der Waals surface area contributed by atoms with E-state index in [0.29, 0.717) is 6.04 Å². The van der Waals surface area contributed by atoms with Crippen molar-refractivity contribution in [1.82, 2.24) is 5.32 Å². The van der Waals surface area contributed by atoms with Gasteiger partial charge in [0.05, 0.1) is 6.61 Å². The first-order valence-electron chi connectivity index (χ1n) is 4.36. The highest BCUT2D eigenvalue weighted by molar-refractivity contribution is 5.32. The number of hydrogen-bond acceptors (Lipinski definition) is 2. The van der Waals surface area contributed by atoms with Crippen LogP contribution in [0.3, 0.4) is 0 Å². The molecule has 0 aliphatic carbocycles. The molecule has 1 aliphatic rings. The van der Waals surface area contributed by atoms with E-state index in [2.05, 4.69) is 17.4 Å². The van der Waals surface area contributed by atoms with Crippen molar-refractivity contribution in [2.24, 2.45) is 0 Å². The Hall–Kier alpha value is -1.02. The van der Waals surface area contributed by atoms with Gasteiger partial charge in [-0.05, 0) is 24.6 Å². The zero-order valence-electron chi connectivity index (χ0n) is 7.21. The molecule has 0 radical (unpaired) electrons. The predicted molar refractivity (Wildman–Crippen MR) is 48.4 cm³/mol. The summed E-state index contributed by atoms with van der Waals surface area (Å²) in [6.07, 6.45) is 0. The van der Waals surface area contributed by atoms with Gasteiger partial charge in [0.2, 0.25) is 0 Å². The predicted octanol–water partition coefficient (Wildman–Crippen LogP) is 1.73. The monoisotopic (exact) mass is 163 g/mol. The summed E-state index contributed by atoms with van der Waals surface area (Å²) >= 11 is 0. The van der Waals surface area contributed by atoms with E-state index in [-0.39, 0.29) is 0 Å². The Labute approximate surface area is 72.5 Å². The summed E-state index contributed by atoms with van der Waals surface area (Å²) in [6.45, 7) is 3.85. The smallest absolute Gasteiger partial charge is 0.119 e. The summed E-state index contributed by atoms with van der Waals surface area (Å²) in [7, 11) is 0. The van der Waals surface area contributed by atoms with Gasteiger partial charge in [0, 0.05) is 12.6 Å². The minimum Gasteiger partial charge on any atom is -0.494 e. The third kappa shape index (κ3) is 1.59. The molecule has 2 nitrogen and oxygen atoms in total. The summed E-state index contributed by atoms with van der Waals surface area (Å²) < 4.78 is 5.40. The average molecular weight is 163 g/mol. The van der Waals surface area contributed by atoms with E-state index < -0.39 is 0 Å². The summed E-state index contributed by atoms with van der Waals surface area (Å²) in [6, 6.07) is 8.85. The zero-order chi connectivity index (χ0) is 8.39. The van der Waals surface area contributed by atoms with Crippen LogP contribution < -0.4 is 10.1 Å². The molecular formula is C10H13NO. The molecule has 0 amide bonds. The van der Waals surface area contributed by atoms with Gasteiger partial charge < -0.3 is 10.1 Å². The maximum Gasteiger partial charge on any atom is 0.119 e. The van der Waals surface area contributed by atoms with Crippen LogP contribution in [-0.2, 0) is 0 Å². The van der Waals surface area contributed by atoms with Crippen molar-refractivity contribution in [2.75, 3.05) is 13.2 Å². The Morgan fingerprint density at radius 1 is 1.58 bits per heavy atom. The van der Waals surface area contributed by atoms with E-state index in [1.54, 1.807) is 0 Å². The number of hydrogen-bond donors (Lipinski definition) is 1. The average Bonchev–Trinajstić information content (AvgIpc) is 2.88. The maximum atomic E-state index is 5.40. The largest absolute Gasteiger partial charge is 0.494 e. The van der Waals surface area contributed by atoms with Crippen LogP contribution in [-0.4, -0.2) is 13.2 Å². The Kier molecular flexibility index (Phi) is 2.00.